The molecule has 0 saturated heterocycles. The van der Waals surface area contributed by atoms with E-state index in [0.717, 1.165) is 11.3 Å². The Balaban J connectivity index is 1.47. The van der Waals surface area contributed by atoms with E-state index in [0.29, 0.717) is 29.0 Å². The number of anilines is 1. The number of amides is 1. The summed E-state index contributed by atoms with van der Waals surface area (Å²) in [6, 6.07) is 13.2. The second-order valence-electron chi connectivity index (χ2n) is 5.10. The quantitative estimate of drug-likeness (QED) is 0.691. The lowest BCUT2D eigenvalue weighted by Gasteiger charge is -2.04. The summed E-state index contributed by atoms with van der Waals surface area (Å²) in [5.74, 6) is 0.889. The zero-order valence-corrected chi connectivity index (χ0v) is 13.9. The third-order valence-corrected chi connectivity index (χ3v) is 4.00. The molecule has 0 atom stereocenters. The number of nitrogens with zero attached hydrogens (tertiary/aromatic N) is 3. The molecular formula is C17H16N4O2S. The maximum Gasteiger partial charge on any atom is 0.276 e. The summed E-state index contributed by atoms with van der Waals surface area (Å²) in [6.07, 6.45) is 2.03. The Morgan fingerprint density at radius 2 is 2.00 bits per heavy atom. The van der Waals surface area contributed by atoms with Gasteiger partial charge in [0.15, 0.2) is 0 Å². The second-order valence-corrected chi connectivity index (χ2v) is 6.15. The van der Waals surface area contributed by atoms with Gasteiger partial charge in [-0.05, 0) is 31.2 Å². The Morgan fingerprint density at radius 3 is 2.75 bits per heavy atom. The van der Waals surface area contributed by atoms with Crippen LogP contribution in [0.3, 0.4) is 0 Å². The van der Waals surface area contributed by atoms with Crippen molar-refractivity contribution in [3.63, 3.8) is 0 Å². The zero-order chi connectivity index (χ0) is 16.8. The van der Waals surface area contributed by atoms with Crippen LogP contribution in [0.1, 0.15) is 12.0 Å². The minimum atomic E-state index is -0.0455. The van der Waals surface area contributed by atoms with Gasteiger partial charge in [-0.25, -0.2) is 0 Å². The molecule has 1 N–H and O–H groups in total. The number of aryl methyl sites for hydroxylation is 1. The first-order valence-electron chi connectivity index (χ1n) is 7.45. The lowest BCUT2D eigenvalue weighted by Crippen LogP contribution is -2.12. The molecule has 3 rings (SSSR count). The first kappa shape index (κ1) is 16.2. The minimum Gasteiger partial charge on any atom is -0.410 e. The second kappa shape index (κ2) is 7.74. The van der Waals surface area contributed by atoms with Gasteiger partial charge in [0, 0.05) is 24.1 Å². The van der Waals surface area contributed by atoms with Gasteiger partial charge in [0.1, 0.15) is 5.69 Å². The van der Waals surface area contributed by atoms with Crippen molar-refractivity contribution < 1.29 is 9.21 Å². The Morgan fingerprint density at radius 1 is 1.17 bits per heavy atom. The number of pyridine rings is 1. The lowest BCUT2D eigenvalue weighted by molar-refractivity contribution is -0.115. The molecule has 0 aliphatic rings. The van der Waals surface area contributed by atoms with Crippen LogP contribution >= 0.6 is 11.8 Å². The molecular weight excluding hydrogens is 324 g/mol. The van der Waals surface area contributed by atoms with Gasteiger partial charge in [-0.1, -0.05) is 35.5 Å². The van der Waals surface area contributed by atoms with E-state index in [9.17, 15) is 4.79 Å². The standard InChI is InChI=1S/C17H16N4O2S/c1-12-5-7-13(8-6-12)19-15(22)9-11-24-17-21-20-16(23-17)14-4-2-3-10-18-14/h2-8,10H,9,11H2,1H3,(H,19,22). The summed E-state index contributed by atoms with van der Waals surface area (Å²) in [6.45, 7) is 2.01. The minimum absolute atomic E-state index is 0.0455. The van der Waals surface area contributed by atoms with E-state index in [1.54, 1.807) is 12.3 Å². The van der Waals surface area contributed by atoms with E-state index >= 15 is 0 Å². The SMILES string of the molecule is Cc1ccc(NC(=O)CCSc2nnc(-c3ccccn3)o2)cc1. The molecule has 0 aliphatic heterocycles. The number of nitrogens with one attached hydrogen (secondary N) is 1. The Bertz CT molecular complexity index is 803. The van der Waals surface area contributed by atoms with Crippen molar-refractivity contribution in [2.24, 2.45) is 0 Å². The Labute approximate surface area is 143 Å². The molecule has 24 heavy (non-hydrogen) atoms. The molecule has 0 spiro atoms. The highest BCUT2D eigenvalue weighted by molar-refractivity contribution is 7.99. The van der Waals surface area contributed by atoms with Gasteiger partial charge in [-0.15, -0.1) is 10.2 Å². The van der Waals surface area contributed by atoms with Crippen molar-refractivity contribution in [3.8, 4) is 11.6 Å². The van der Waals surface area contributed by atoms with Crippen LogP contribution in [0, 0.1) is 6.92 Å². The number of carbonyl (C=O) groups is 1. The highest BCUT2D eigenvalue weighted by Crippen LogP contribution is 2.22. The normalized spacial score (nSPS) is 10.5. The Kier molecular flexibility index (Phi) is 5.22. The van der Waals surface area contributed by atoms with Gasteiger partial charge in [0.25, 0.3) is 11.1 Å². The van der Waals surface area contributed by atoms with Crippen molar-refractivity contribution in [2.45, 2.75) is 18.6 Å². The van der Waals surface area contributed by atoms with Crippen LogP contribution in [0.25, 0.3) is 11.6 Å². The van der Waals surface area contributed by atoms with Crippen LogP contribution in [-0.4, -0.2) is 26.8 Å². The third kappa shape index (κ3) is 4.42. The molecule has 122 valence electrons. The smallest absolute Gasteiger partial charge is 0.276 e. The average molecular weight is 340 g/mol. The number of aromatic nitrogens is 3. The monoisotopic (exact) mass is 340 g/mol. The summed E-state index contributed by atoms with van der Waals surface area (Å²) in [5.41, 5.74) is 2.59. The van der Waals surface area contributed by atoms with E-state index in [-0.39, 0.29) is 5.91 Å². The highest BCUT2D eigenvalue weighted by Gasteiger charge is 2.10. The van der Waals surface area contributed by atoms with Crippen molar-refractivity contribution >= 4 is 23.4 Å². The molecule has 1 amide bonds. The number of thioether (sulfide) groups is 1. The first-order chi connectivity index (χ1) is 11.7. The first-order valence-corrected chi connectivity index (χ1v) is 8.43. The van der Waals surface area contributed by atoms with Gasteiger partial charge in [0.2, 0.25) is 5.91 Å². The van der Waals surface area contributed by atoms with Crippen molar-refractivity contribution in [1.82, 2.24) is 15.2 Å². The lowest BCUT2D eigenvalue weighted by atomic mass is 10.2. The van der Waals surface area contributed by atoms with E-state index in [2.05, 4.69) is 20.5 Å². The van der Waals surface area contributed by atoms with Crippen molar-refractivity contribution in [3.05, 3.63) is 54.2 Å². The zero-order valence-electron chi connectivity index (χ0n) is 13.1. The van der Waals surface area contributed by atoms with Crippen molar-refractivity contribution in [2.75, 3.05) is 11.1 Å². The molecule has 0 radical (unpaired) electrons. The number of carbonyl (C=O) groups excluding carboxylic acids is 1. The fourth-order valence-electron chi connectivity index (χ4n) is 1.95. The Hall–Kier alpha value is -2.67. The van der Waals surface area contributed by atoms with Crippen LogP contribution in [0.4, 0.5) is 5.69 Å². The molecule has 2 aromatic heterocycles. The molecule has 0 saturated carbocycles. The van der Waals surface area contributed by atoms with Crippen LogP contribution in [0.15, 0.2) is 58.3 Å². The van der Waals surface area contributed by atoms with E-state index in [1.807, 2.05) is 43.3 Å². The average Bonchev–Trinajstić information content (AvgIpc) is 3.07. The summed E-state index contributed by atoms with van der Waals surface area (Å²) in [5, 5.41) is 11.2. The van der Waals surface area contributed by atoms with E-state index in [4.69, 9.17) is 4.42 Å². The van der Waals surface area contributed by atoms with Gasteiger partial charge >= 0.3 is 0 Å². The maximum absolute atomic E-state index is 11.9. The highest BCUT2D eigenvalue weighted by atomic mass is 32.2. The summed E-state index contributed by atoms with van der Waals surface area (Å²) in [7, 11) is 0. The van der Waals surface area contributed by atoms with Crippen LogP contribution < -0.4 is 5.32 Å². The van der Waals surface area contributed by atoms with E-state index < -0.39 is 0 Å². The van der Waals surface area contributed by atoms with Crippen molar-refractivity contribution in [1.29, 1.82) is 0 Å². The van der Waals surface area contributed by atoms with Gasteiger partial charge < -0.3 is 9.73 Å². The molecule has 0 fully saturated rings. The molecule has 0 unspecified atom stereocenters. The summed E-state index contributed by atoms with van der Waals surface area (Å²) < 4.78 is 5.53. The summed E-state index contributed by atoms with van der Waals surface area (Å²) in [4.78, 5) is 16.1. The molecule has 0 bridgehead atoms. The maximum atomic E-state index is 11.9. The van der Waals surface area contributed by atoms with Crippen LogP contribution in [0.5, 0.6) is 0 Å². The molecule has 0 aliphatic carbocycles. The van der Waals surface area contributed by atoms with E-state index in [1.165, 1.54) is 11.8 Å². The van der Waals surface area contributed by atoms with Gasteiger partial charge in [-0.3, -0.25) is 9.78 Å². The van der Waals surface area contributed by atoms with Gasteiger partial charge in [0.05, 0.1) is 0 Å². The number of benzene rings is 1. The number of hydrogen-bond acceptors (Lipinski definition) is 6. The number of hydrogen-bond donors (Lipinski definition) is 1. The fraction of sp³-hybridized carbons (Fsp3) is 0.176. The molecule has 7 heteroatoms. The topological polar surface area (TPSA) is 80.9 Å². The predicted octanol–water partition coefficient (Wildman–Crippen LogP) is 3.56. The predicted molar refractivity (Wildman–Crippen MR) is 92.7 cm³/mol. The fourth-order valence-corrected chi connectivity index (χ4v) is 2.65. The molecule has 3 aromatic rings. The number of rotatable bonds is 6. The largest absolute Gasteiger partial charge is 0.410 e. The van der Waals surface area contributed by atoms with Gasteiger partial charge in [-0.2, -0.15) is 0 Å². The van der Waals surface area contributed by atoms with Crippen LogP contribution in [0.2, 0.25) is 0 Å². The third-order valence-electron chi connectivity index (χ3n) is 3.18. The molecule has 6 nitrogen and oxygen atoms in total. The molecule has 2 heterocycles. The van der Waals surface area contributed by atoms with Crippen LogP contribution in [-0.2, 0) is 4.79 Å². The summed E-state index contributed by atoms with van der Waals surface area (Å²) >= 11 is 1.35. The molecule has 1 aromatic carbocycles.